The molecule has 0 atom stereocenters. The molecule has 2 aliphatic heterocycles. The first kappa shape index (κ1) is 18.7. The van der Waals surface area contributed by atoms with Gasteiger partial charge in [0.25, 0.3) is 5.91 Å². The van der Waals surface area contributed by atoms with E-state index in [-0.39, 0.29) is 11.8 Å². The smallest absolute Gasteiger partial charge is 0.279 e. The summed E-state index contributed by atoms with van der Waals surface area (Å²) < 4.78 is 0. The number of benzene rings is 1. The number of carbonyl (C=O) groups is 2. The highest BCUT2D eigenvalue weighted by molar-refractivity contribution is 5.91. The normalized spacial score (nSPS) is 19.1. The molecule has 0 radical (unpaired) electrons. The van der Waals surface area contributed by atoms with Gasteiger partial charge in [0.05, 0.1) is 26.2 Å². The van der Waals surface area contributed by atoms with Crippen molar-refractivity contribution in [3.8, 4) is 0 Å². The molecule has 0 bridgehead atoms. The van der Waals surface area contributed by atoms with Crippen LogP contribution >= 0.6 is 0 Å². The lowest BCUT2D eigenvalue weighted by Crippen LogP contribution is -3.15. The number of piperazine rings is 1. The number of hydrogen-bond donors (Lipinski definition) is 2. The molecule has 2 fully saturated rings. The number of quaternary nitrogens is 1. The summed E-state index contributed by atoms with van der Waals surface area (Å²) in [4.78, 5) is 29.2. The van der Waals surface area contributed by atoms with E-state index in [4.69, 9.17) is 0 Å². The van der Waals surface area contributed by atoms with Crippen LogP contribution in [0.15, 0.2) is 24.3 Å². The lowest BCUT2D eigenvalue weighted by Gasteiger charge is -2.31. The summed E-state index contributed by atoms with van der Waals surface area (Å²) in [5.41, 5.74) is 2.10. The zero-order valence-electron chi connectivity index (χ0n) is 15.8. The van der Waals surface area contributed by atoms with Gasteiger partial charge in [0.15, 0.2) is 6.54 Å². The zero-order chi connectivity index (χ0) is 18.4. The molecule has 2 amide bonds. The van der Waals surface area contributed by atoms with Crippen LogP contribution < -0.4 is 15.1 Å². The minimum atomic E-state index is 0.0406. The standard InChI is InChI=1S/C20H30N4O2/c1-17(25)23-14-12-22(13-15-23)16-20(26)21-18-6-8-19(9-7-18)24-10-4-2-3-5-11-24/h6-9H,2-5,10-16H2,1H3,(H,21,26)/p+1. The van der Waals surface area contributed by atoms with Crippen LogP contribution in [-0.4, -0.2) is 62.5 Å². The third kappa shape index (κ3) is 5.21. The Bertz CT molecular complexity index is 601. The predicted octanol–water partition coefficient (Wildman–Crippen LogP) is 0.753. The van der Waals surface area contributed by atoms with E-state index in [1.807, 2.05) is 17.0 Å². The fourth-order valence-electron chi connectivity index (χ4n) is 3.83. The molecule has 2 saturated heterocycles. The minimum Gasteiger partial charge on any atom is -0.372 e. The molecule has 26 heavy (non-hydrogen) atoms. The Kier molecular flexibility index (Phi) is 6.50. The highest BCUT2D eigenvalue weighted by Gasteiger charge is 2.23. The Morgan fingerprint density at radius 3 is 2.15 bits per heavy atom. The zero-order valence-corrected chi connectivity index (χ0v) is 15.8. The Balaban J connectivity index is 1.46. The first-order valence-corrected chi connectivity index (χ1v) is 9.86. The molecule has 2 heterocycles. The van der Waals surface area contributed by atoms with Crippen molar-refractivity contribution in [3.63, 3.8) is 0 Å². The summed E-state index contributed by atoms with van der Waals surface area (Å²) in [6, 6.07) is 8.22. The van der Waals surface area contributed by atoms with Gasteiger partial charge >= 0.3 is 0 Å². The number of anilines is 2. The van der Waals surface area contributed by atoms with Crippen molar-refractivity contribution in [1.29, 1.82) is 0 Å². The summed E-state index contributed by atoms with van der Waals surface area (Å²) in [6.45, 7) is 7.46. The predicted molar refractivity (Wildman–Crippen MR) is 104 cm³/mol. The van der Waals surface area contributed by atoms with Gasteiger partial charge < -0.3 is 20.0 Å². The summed E-state index contributed by atoms with van der Waals surface area (Å²) in [5, 5.41) is 3.01. The molecule has 142 valence electrons. The molecule has 0 saturated carbocycles. The van der Waals surface area contributed by atoms with E-state index in [2.05, 4.69) is 22.3 Å². The Hall–Kier alpha value is -2.08. The summed E-state index contributed by atoms with van der Waals surface area (Å²) in [7, 11) is 0. The van der Waals surface area contributed by atoms with Gasteiger partial charge in [-0.05, 0) is 37.1 Å². The van der Waals surface area contributed by atoms with E-state index in [0.717, 1.165) is 45.0 Å². The van der Waals surface area contributed by atoms with Gasteiger partial charge in [-0.15, -0.1) is 0 Å². The number of rotatable bonds is 4. The van der Waals surface area contributed by atoms with Gasteiger partial charge in [-0.25, -0.2) is 0 Å². The second-order valence-corrected chi connectivity index (χ2v) is 7.43. The van der Waals surface area contributed by atoms with Crippen LogP contribution in [0.1, 0.15) is 32.6 Å². The second-order valence-electron chi connectivity index (χ2n) is 7.43. The lowest BCUT2D eigenvalue weighted by molar-refractivity contribution is -0.895. The lowest BCUT2D eigenvalue weighted by atomic mass is 10.2. The van der Waals surface area contributed by atoms with E-state index < -0.39 is 0 Å². The maximum atomic E-state index is 12.3. The van der Waals surface area contributed by atoms with Crippen molar-refractivity contribution in [2.75, 3.05) is 56.0 Å². The molecule has 3 rings (SSSR count). The third-order valence-corrected chi connectivity index (χ3v) is 5.45. The molecule has 0 aliphatic carbocycles. The van der Waals surface area contributed by atoms with Crippen LogP contribution in [0.4, 0.5) is 11.4 Å². The molecular formula is C20H31N4O2+. The van der Waals surface area contributed by atoms with Gasteiger partial charge in [0.1, 0.15) is 0 Å². The van der Waals surface area contributed by atoms with Crippen LogP contribution in [0.5, 0.6) is 0 Å². The maximum absolute atomic E-state index is 12.3. The fraction of sp³-hybridized carbons (Fsp3) is 0.600. The molecule has 2 aliphatic rings. The highest BCUT2D eigenvalue weighted by atomic mass is 16.2. The van der Waals surface area contributed by atoms with Crippen LogP contribution in [0.25, 0.3) is 0 Å². The average Bonchev–Trinajstić information content (AvgIpc) is 2.92. The third-order valence-electron chi connectivity index (χ3n) is 5.45. The molecule has 1 aromatic rings. The Morgan fingerprint density at radius 1 is 0.962 bits per heavy atom. The second kappa shape index (κ2) is 9.03. The van der Waals surface area contributed by atoms with Crippen LogP contribution in [0, 0.1) is 0 Å². The van der Waals surface area contributed by atoms with Gasteiger partial charge in [-0.1, -0.05) is 12.8 Å². The van der Waals surface area contributed by atoms with Crippen molar-refractivity contribution in [3.05, 3.63) is 24.3 Å². The molecule has 6 nitrogen and oxygen atoms in total. The van der Waals surface area contributed by atoms with Gasteiger partial charge in [-0.2, -0.15) is 0 Å². The minimum absolute atomic E-state index is 0.0406. The number of amides is 2. The largest absolute Gasteiger partial charge is 0.372 e. The van der Waals surface area contributed by atoms with Crippen molar-refractivity contribution in [2.45, 2.75) is 32.6 Å². The number of hydrogen-bond acceptors (Lipinski definition) is 3. The molecule has 0 aromatic heterocycles. The summed E-state index contributed by atoms with van der Waals surface area (Å²) in [6.07, 6.45) is 5.18. The molecule has 0 spiro atoms. The SMILES string of the molecule is CC(=O)N1CC[NH+](CC(=O)Nc2ccc(N3CCCCCC3)cc2)CC1. The number of nitrogens with one attached hydrogen (secondary N) is 2. The fourth-order valence-corrected chi connectivity index (χ4v) is 3.83. The van der Waals surface area contributed by atoms with Crippen LogP contribution in [0.2, 0.25) is 0 Å². The van der Waals surface area contributed by atoms with Crippen LogP contribution in [-0.2, 0) is 9.59 Å². The Labute approximate surface area is 156 Å². The first-order valence-electron chi connectivity index (χ1n) is 9.86. The number of carbonyl (C=O) groups excluding carboxylic acids is 2. The van der Waals surface area contributed by atoms with Crippen LogP contribution in [0.3, 0.4) is 0 Å². The van der Waals surface area contributed by atoms with Crippen molar-refractivity contribution < 1.29 is 14.5 Å². The van der Waals surface area contributed by atoms with E-state index >= 15 is 0 Å². The average molecular weight is 359 g/mol. The van der Waals surface area contributed by atoms with Gasteiger partial charge in [-0.3, -0.25) is 9.59 Å². The summed E-state index contributed by atoms with van der Waals surface area (Å²) >= 11 is 0. The number of nitrogens with zero attached hydrogens (tertiary/aromatic N) is 2. The van der Waals surface area contributed by atoms with E-state index in [1.54, 1.807) is 6.92 Å². The van der Waals surface area contributed by atoms with E-state index in [1.165, 1.54) is 36.3 Å². The van der Waals surface area contributed by atoms with E-state index in [9.17, 15) is 9.59 Å². The van der Waals surface area contributed by atoms with Crippen molar-refractivity contribution >= 4 is 23.2 Å². The molecule has 2 N–H and O–H groups in total. The topological polar surface area (TPSA) is 57.1 Å². The Morgan fingerprint density at radius 2 is 1.58 bits per heavy atom. The highest BCUT2D eigenvalue weighted by Crippen LogP contribution is 2.21. The van der Waals surface area contributed by atoms with E-state index in [0.29, 0.717) is 6.54 Å². The molecule has 6 heteroatoms. The van der Waals surface area contributed by atoms with Gasteiger partial charge in [0.2, 0.25) is 5.91 Å². The van der Waals surface area contributed by atoms with Crippen molar-refractivity contribution in [2.24, 2.45) is 0 Å². The summed E-state index contributed by atoms with van der Waals surface area (Å²) in [5.74, 6) is 0.164. The monoisotopic (exact) mass is 359 g/mol. The van der Waals surface area contributed by atoms with Crippen molar-refractivity contribution in [1.82, 2.24) is 4.90 Å². The molecule has 1 aromatic carbocycles. The quantitative estimate of drug-likeness (QED) is 0.834. The molecular weight excluding hydrogens is 328 g/mol. The molecule has 0 unspecified atom stereocenters. The van der Waals surface area contributed by atoms with Gasteiger partial charge in [0, 0.05) is 31.4 Å². The first-order chi connectivity index (χ1) is 12.6. The maximum Gasteiger partial charge on any atom is 0.279 e.